The zero-order chi connectivity index (χ0) is 25.8. The van der Waals surface area contributed by atoms with E-state index >= 15 is 0 Å². The van der Waals surface area contributed by atoms with Crippen LogP contribution in [0.4, 0.5) is 4.79 Å². The highest BCUT2D eigenvalue weighted by Crippen LogP contribution is 2.32. The quantitative estimate of drug-likeness (QED) is 0.310. The number of hydrogen-bond donors (Lipinski definition) is 3. The molecule has 198 valence electrons. The molecule has 0 radical (unpaired) electrons. The summed E-state index contributed by atoms with van der Waals surface area (Å²) in [5, 5.41) is 21.7. The van der Waals surface area contributed by atoms with Crippen LogP contribution >= 0.6 is 0 Å². The topological polar surface area (TPSA) is 114 Å². The standard InChI is InChI=1S/C27H43NO7/c1-19(33-17-20-9-6-5-7-10-20)24(34-18-21-13-14-21)22(15-16-29)11-8-12-23(25(30)31)28-26(32)35-27(2,3)4/h5-7,9-10,19,21-24,29H,8,11-18H2,1-4H3,(H,28,32)(H,30,31). The summed E-state index contributed by atoms with van der Waals surface area (Å²) in [6, 6.07) is 8.90. The Bertz CT molecular complexity index is 761. The van der Waals surface area contributed by atoms with Gasteiger partial charge in [0.25, 0.3) is 0 Å². The van der Waals surface area contributed by atoms with Gasteiger partial charge in [-0.2, -0.15) is 0 Å². The van der Waals surface area contributed by atoms with Crippen molar-refractivity contribution in [3.8, 4) is 0 Å². The lowest BCUT2D eigenvalue weighted by molar-refractivity contribution is -0.139. The minimum atomic E-state index is -1.10. The van der Waals surface area contributed by atoms with Crippen LogP contribution in [0.1, 0.15) is 71.8 Å². The number of nitrogens with one attached hydrogen (secondary N) is 1. The van der Waals surface area contributed by atoms with Crippen molar-refractivity contribution < 1.29 is 34.0 Å². The number of hydrogen-bond acceptors (Lipinski definition) is 6. The zero-order valence-electron chi connectivity index (χ0n) is 21.6. The van der Waals surface area contributed by atoms with E-state index in [0.29, 0.717) is 38.4 Å². The SMILES string of the molecule is CC(OCc1ccccc1)C(OCC1CC1)C(CCO)CCCC(NC(=O)OC(C)(C)C)C(=O)O. The summed E-state index contributed by atoms with van der Waals surface area (Å²) in [5.41, 5.74) is 0.373. The van der Waals surface area contributed by atoms with Gasteiger partial charge in [-0.15, -0.1) is 0 Å². The molecule has 0 spiro atoms. The van der Waals surface area contributed by atoms with E-state index in [9.17, 15) is 19.8 Å². The number of aliphatic hydroxyl groups excluding tert-OH is 1. The number of aliphatic hydroxyl groups is 1. The molecule has 1 aromatic rings. The van der Waals surface area contributed by atoms with E-state index in [1.54, 1.807) is 20.8 Å². The molecule has 0 saturated heterocycles. The molecule has 3 N–H and O–H groups in total. The van der Waals surface area contributed by atoms with E-state index < -0.39 is 23.7 Å². The van der Waals surface area contributed by atoms with Crippen LogP contribution in [-0.4, -0.2) is 59.3 Å². The van der Waals surface area contributed by atoms with Crippen molar-refractivity contribution in [2.24, 2.45) is 11.8 Å². The van der Waals surface area contributed by atoms with Gasteiger partial charge in [-0.05, 0) is 77.2 Å². The molecule has 1 aromatic carbocycles. The molecule has 4 unspecified atom stereocenters. The number of carbonyl (C=O) groups excluding carboxylic acids is 1. The van der Waals surface area contributed by atoms with E-state index in [2.05, 4.69) is 5.32 Å². The third-order valence-electron chi connectivity index (χ3n) is 6.06. The summed E-state index contributed by atoms with van der Waals surface area (Å²) >= 11 is 0. The highest BCUT2D eigenvalue weighted by atomic mass is 16.6. The van der Waals surface area contributed by atoms with Gasteiger partial charge < -0.3 is 29.7 Å². The number of aliphatic carboxylic acids is 1. The van der Waals surface area contributed by atoms with Crippen LogP contribution in [0, 0.1) is 11.8 Å². The number of carbonyl (C=O) groups is 2. The van der Waals surface area contributed by atoms with Crippen molar-refractivity contribution in [2.75, 3.05) is 13.2 Å². The maximum absolute atomic E-state index is 12.0. The maximum atomic E-state index is 12.0. The lowest BCUT2D eigenvalue weighted by Crippen LogP contribution is -2.43. The van der Waals surface area contributed by atoms with Gasteiger partial charge in [-0.25, -0.2) is 9.59 Å². The summed E-state index contributed by atoms with van der Waals surface area (Å²) < 4.78 is 17.7. The first-order valence-electron chi connectivity index (χ1n) is 12.7. The normalized spacial score (nSPS) is 17.3. The van der Waals surface area contributed by atoms with Gasteiger partial charge in [0.15, 0.2) is 0 Å². The van der Waals surface area contributed by atoms with Gasteiger partial charge in [0.05, 0.1) is 18.8 Å². The van der Waals surface area contributed by atoms with E-state index in [1.165, 1.54) is 12.8 Å². The molecule has 2 rings (SSSR count). The number of carboxylic acid groups (broad SMARTS) is 1. The van der Waals surface area contributed by atoms with Crippen molar-refractivity contribution in [1.29, 1.82) is 0 Å². The molecule has 0 aliphatic heterocycles. The highest BCUT2D eigenvalue weighted by Gasteiger charge is 2.32. The van der Waals surface area contributed by atoms with Gasteiger partial charge in [0, 0.05) is 13.2 Å². The molecule has 8 heteroatoms. The van der Waals surface area contributed by atoms with Crippen LogP contribution in [0.3, 0.4) is 0 Å². The van der Waals surface area contributed by atoms with E-state index in [0.717, 1.165) is 5.56 Å². The van der Waals surface area contributed by atoms with Gasteiger partial charge in [-0.3, -0.25) is 0 Å². The second-order valence-corrected chi connectivity index (χ2v) is 10.5. The van der Waals surface area contributed by atoms with Crippen LogP contribution in [0.15, 0.2) is 30.3 Å². The van der Waals surface area contributed by atoms with E-state index in [1.807, 2.05) is 37.3 Å². The average molecular weight is 494 g/mol. The Hall–Kier alpha value is -2.16. The van der Waals surface area contributed by atoms with E-state index in [4.69, 9.17) is 14.2 Å². The molecule has 0 bridgehead atoms. The van der Waals surface area contributed by atoms with Crippen molar-refractivity contribution in [3.63, 3.8) is 0 Å². The molecule has 35 heavy (non-hydrogen) atoms. The lowest BCUT2D eigenvalue weighted by atomic mass is 9.89. The van der Waals surface area contributed by atoms with Crippen LogP contribution < -0.4 is 5.32 Å². The molecule has 8 nitrogen and oxygen atoms in total. The van der Waals surface area contributed by atoms with Crippen LogP contribution in [0.25, 0.3) is 0 Å². The Labute approximate surface area is 209 Å². The molecular formula is C27H43NO7. The second kappa shape index (κ2) is 14.4. The Morgan fingerprint density at radius 2 is 1.77 bits per heavy atom. The van der Waals surface area contributed by atoms with Crippen molar-refractivity contribution in [2.45, 2.75) is 96.7 Å². The highest BCUT2D eigenvalue weighted by molar-refractivity contribution is 5.79. The van der Waals surface area contributed by atoms with Gasteiger partial charge >= 0.3 is 12.1 Å². The number of benzene rings is 1. The first-order chi connectivity index (χ1) is 16.6. The van der Waals surface area contributed by atoms with E-state index in [-0.39, 0.29) is 31.2 Å². The van der Waals surface area contributed by atoms with Crippen LogP contribution in [0.5, 0.6) is 0 Å². The number of alkyl carbamates (subject to hydrolysis) is 1. The Balaban J connectivity index is 1.96. The fourth-order valence-electron chi connectivity index (χ4n) is 4.01. The van der Waals surface area contributed by atoms with Gasteiger partial charge in [-0.1, -0.05) is 36.8 Å². The fraction of sp³-hybridized carbons (Fsp3) is 0.704. The summed E-state index contributed by atoms with van der Waals surface area (Å²) in [7, 11) is 0. The monoisotopic (exact) mass is 493 g/mol. The molecule has 4 atom stereocenters. The molecule has 1 fully saturated rings. The third-order valence-corrected chi connectivity index (χ3v) is 6.06. The second-order valence-electron chi connectivity index (χ2n) is 10.5. The minimum absolute atomic E-state index is 0.000458. The van der Waals surface area contributed by atoms with Crippen molar-refractivity contribution >= 4 is 12.1 Å². The van der Waals surface area contributed by atoms with Gasteiger partial charge in [0.1, 0.15) is 11.6 Å². The predicted octanol–water partition coefficient (Wildman–Crippen LogP) is 4.53. The Kier molecular flexibility index (Phi) is 12.0. The Morgan fingerprint density at radius 1 is 1.09 bits per heavy atom. The molecule has 1 amide bonds. The minimum Gasteiger partial charge on any atom is -0.480 e. The first kappa shape index (κ1) is 29.1. The molecule has 1 aliphatic rings. The molecule has 1 saturated carbocycles. The number of carboxylic acids is 1. The molecule has 0 aromatic heterocycles. The van der Waals surface area contributed by atoms with Gasteiger partial charge in [0.2, 0.25) is 0 Å². The van der Waals surface area contributed by atoms with Crippen LogP contribution in [0.2, 0.25) is 0 Å². The molecular weight excluding hydrogens is 450 g/mol. The summed E-state index contributed by atoms with van der Waals surface area (Å²) in [6.45, 7) is 8.33. The number of rotatable bonds is 16. The third kappa shape index (κ3) is 11.9. The summed E-state index contributed by atoms with van der Waals surface area (Å²) in [4.78, 5) is 23.7. The summed E-state index contributed by atoms with van der Waals surface area (Å²) in [5.74, 6) is -0.515. The first-order valence-corrected chi connectivity index (χ1v) is 12.7. The van der Waals surface area contributed by atoms with Crippen molar-refractivity contribution in [3.05, 3.63) is 35.9 Å². The maximum Gasteiger partial charge on any atom is 0.408 e. The van der Waals surface area contributed by atoms with Crippen LogP contribution in [-0.2, 0) is 25.6 Å². The fourth-order valence-corrected chi connectivity index (χ4v) is 4.01. The average Bonchev–Trinajstić information content (AvgIpc) is 3.61. The number of ether oxygens (including phenoxy) is 3. The molecule has 0 heterocycles. The van der Waals surface area contributed by atoms with Crippen molar-refractivity contribution in [1.82, 2.24) is 5.32 Å². The molecule has 1 aliphatic carbocycles. The zero-order valence-corrected chi connectivity index (χ0v) is 21.6. The Morgan fingerprint density at radius 3 is 2.34 bits per heavy atom. The largest absolute Gasteiger partial charge is 0.480 e. The summed E-state index contributed by atoms with van der Waals surface area (Å²) in [6.07, 6.45) is 3.18. The predicted molar refractivity (Wildman–Crippen MR) is 133 cm³/mol. The lowest BCUT2D eigenvalue weighted by Gasteiger charge is -2.32. The number of amides is 1. The smallest absolute Gasteiger partial charge is 0.408 e.